The quantitative estimate of drug-likeness (QED) is 0.703. The van der Waals surface area contributed by atoms with E-state index in [1.807, 2.05) is 37.3 Å². The van der Waals surface area contributed by atoms with Crippen LogP contribution in [0.4, 0.5) is 17.3 Å². The number of aryl methyl sites for hydroxylation is 1. The third-order valence-corrected chi connectivity index (χ3v) is 2.70. The Hall–Kier alpha value is -2.40. The summed E-state index contributed by atoms with van der Waals surface area (Å²) in [6.45, 7) is 6.72. The zero-order chi connectivity index (χ0) is 14.4. The molecule has 0 spiro atoms. The van der Waals surface area contributed by atoms with Crippen LogP contribution in [0.3, 0.4) is 0 Å². The molecule has 0 radical (unpaired) electrons. The third-order valence-electron chi connectivity index (χ3n) is 2.70. The number of anilines is 3. The molecular weight excluding hydrogens is 250 g/mol. The monoisotopic (exact) mass is 269 g/mol. The van der Waals surface area contributed by atoms with Crippen molar-refractivity contribution in [1.82, 2.24) is 9.97 Å². The van der Waals surface area contributed by atoms with Gasteiger partial charge in [0.25, 0.3) is 0 Å². The zero-order valence-corrected chi connectivity index (χ0v) is 11.6. The summed E-state index contributed by atoms with van der Waals surface area (Å²) in [5, 5.41) is 6.42. The highest BCUT2D eigenvalue weighted by Crippen LogP contribution is 2.18. The van der Waals surface area contributed by atoms with Crippen LogP contribution in [-0.2, 0) is 6.54 Å². The minimum Gasteiger partial charge on any atom is -0.366 e. The van der Waals surface area contributed by atoms with Gasteiger partial charge in [-0.1, -0.05) is 18.2 Å². The second-order valence-corrected chi connectivity index (χ2v) is 4.38. The number of nitrogens with one attached hydrogen (secondary N) is 2. The second kappa shape index (κ2) is 6.68. The molecule has 1 aromatic heterocycles. The first-order chi connectivity index (χ1) is 9.71. The van der Waals surface area contributed by atoms with Crippen LogP contribution in [0.15, 0.2) is 43.0 Å². The summed E-state index contributed by atoms with van der Waals surface area (Å²) in [5.74, 6) is 2.23. The molecule has 0 saturated carbocycles. The van der Waals surface area contributed by atoms with Gasteiger partial charge in [0.1, 0.15) is 17.5 Å². The van der Waals surface area contributed by atoms with Gasteiger partial charge in [-0.3, -0.25) is 0 Å². The number of nitrogens with two attached hydrogens (primary N) is 1. The third kappa shape index (κ3) is 3.80. The smallest absolute Gasteiger partial charge is 0.136 e. The zero-order valence-electron chi connectivity index (χ0n) is 11.6. The molecule has 2 rings (SSSR count). The Morgan fingerprint density at radius 3 is 2.80 bits per heavy atom. The van der Waals surface area contributed by atoms with Crippen LogP contribution in [0.5, 0.6) is 0 Å². The van der Waals surface area contributed by atoms with Crippen molar-refractivity contribution in [1.29, 1.82) is 0 Å². The fourth-order valence-electron chi connectivity index (χ4n) is 1.82. The first-order valence-corrected chi connectivity index (χ1v) is 6.47. The van der Waals surface area contributed by atoms with Crippen molar-refractivity contribution in [2.75, 3.05) is 17.2 Å². The molecule has 5 nitrogen and oxygen atoms in total. The standard InChI is InChI=1S/C15H19N5/c1-3-7-17-14-9-15(19-11(2)18-14)20-13-6-4-5-12(8-13)10-16/h3-6,8-9H,1,7,10,16H2,2H3,(H2,17,18,19,20). The number of aromatic nitrogens is 2. The summed E-state index contributed by atoms with van der Waals surface area (Å²) < 4.78 is 0. The molecule has 104 valence electrons. The lowest BCUT2D eigenvalue weighted by atomic mass is 10.2. The van der Waals surface area contributed by atoms with Gasteiger partial charge < -0.3 is 16.4 Å². The summed E-state index contributed by atoms with van der Waals surface area (Å²) in [5.41, 5.74) is 7.68. The van der Waals surface area contributed by atoms with Crippen LogP contribution < -0.4 is 16.4 Å². The van der Waals surface area contributed by atoms with Crippen molar-refractivity contribution in [2.24, 2.45) is 5.73 Å². The van der Waals surface area contributed by atoms with Gasteiger partial charge in [0, 0.05) is 24.8 Å². The van der Waals surface area contributed by atoms with Crippen molar-refractivity contribution in [2.45, 2.75) is 13.5 Å². The molecule has 0 bridgehead atoms. The SMILES string of the molecule is C=CCNc1cc(Nc2cccc(CN)c2)nc(C)n1. The molecule has 0 aliphatic rings. The maximum absolute atomic E-state index is 5.64. The first kappa shape index (κ1) is 14.0. The van der Waals surface area contributed by atoms with E-state index in [9.17, 15) is 0 Å². The van der Waals surface area contributed by atoms with Gasteiger partial charge in [0.2, 0.25) is 0 Å². The predicted octanol–water partition coefficient (Wildman–Crippen LogP) is 2.59. The lowest BCUT2D eigenvalue weighted by molar-refractivity contribution is 1.05. The number of rotatable bonds is 6. The molecule has 0 atom stereocenters. The Bertz CT molecular complexity index is 595. The first-order valence-electron chi connectivity index (χ1n) is 6.47. The lowest BCUT2D eigenvalue weighted by Gasteiger charge is -2.10. The normalized spacial score (nSPS) is 10.1. The van der Waals surface area contributed by atoms with E-state index in [1.165, 1.54) is 0 Å². The topological polar surface area (TPSA) is 75.9 Å². The molecule has 4 N–H and O–H groups in total. The van der Waals surface area contributed by atoms with E-state index in [2.05, 4.69) is 27.2 Å². The van der Waals surface area contributed by atoms with E-state index in [4.69, 9.17) is 5.73 Å². The van der Waals surface area contributed by atoms with E-state index in [0.29, 0.717) is 18.9 Å². The highest BCUT2D eigenvalue weighted by molar-refractivity contribution is 5.60. The van der Waals surface area contributed by atoms with E-state index < -0.39 is 0 Å². The van der Waals surface area contributed by atoms with E-state index in [1.54, 1.807) is 6.08 Å². The molecule has 2 aromatic rings. The van der Waals surface area contributed by atoms with Crippen LogP contribution >= 0.6 is 0 Å². The summed E-state index contributed by atoms with van der Waals surface area (Å²) in [4.78, 5) is 8.69. The Morgan fingerprint density at radius 2 is 2.05 bits per heavy atom. The molecule has 0 amide bonds. The van der Waals surface area contributed by atoms with E-state index in [-0.39, 0.29) is 0 Å². The van der Waals surface area contributed by atoms with Crippen LogP contribution in [0, 0.1) is 6.92 Å². The van der Waals surface area contributed by atoms with E-state index >= 15 is 0 Å². The van der Waals surface area contributed by atoms with Crippen LogP contribution in [0.25, 0.3) is 0 Å². The van der Waals surface area contributed by atoms with Gasteiger partial charge in [-0.25, -0.2) is 9.97 Å². The number of benzene rings is 1. The molecule has 0 fully saturated rings. The van der Waals surface area contributed by atoms with Gasteiger partial charge in [-0.05, 0) is 24.6 Å². The summed E-state index contributed by atoms with van der Waals surface area (Å²) in [7, 11) is 0. The highest BCUT2D eigenvalue weighted by atomic mass is 15.1. The van der Waals surface area contributed by atoms with Crippen molar-refractivity contribution >= 4 is 17.3 Å². The maximum Gasteiger partial charge on any atom is 0.136 e. The van der Waals surface area contributed by atoms with Gasteiger partial charge >= 0.3 is 0 Å². The Balaban J connectivity index is 2.19. The summed E-state index contributed by atoms with van der Waals surface area (Å²) >= 11 is 0. The molecule has 1 aromatic carbocycles. The minimum atomic E-state index is 0.518. The Morgan fingerprint density at radius 1 is 1.25 bits per heavy atom. The number of nitrogens with zero attached hydrogens (tertiary/aromatic N) is 2. The summed E-state index contributed by atoms with van der Waals surface area (Å²) in [6.07, 6.45) is 1.79. The van der Waals surface area contributed by atoms with Crippen LogP contribution in [0.1, 0.15) is 11.4 Å². The molecule has 5 heteroatoms. The second-order valence-electron chi connectivity index (χ2n) is 4.38. The fourth-order valence-corrected chi connectivity index (χ4v) is 1.82. The lowest BCUT2D eigenvalue weighted by Crippen LogP contribution is -2.05. The minimum absolute atomic E-state index is 0.518. The van der Waals surface area contributed by atoms with Crippen molar-refractivity contribution in [3.63, 3.8) is 0 Å². The molecular formula is C15H19N5. The molecule has 0 saturated heterocycles. The highest BCUT2D eigenvalue weighted by Gasteiger charge is 2.02. The molecule has 0 unspecified atom stereocenters. The van der Waals surface area contributed by atoms with Gasteiger partial charge in [-0.15, -0.1) is 6.58 Å². The van der Waals surface area contributed by atoms with Crippen LogP contribution in [0.2, 0.25) is 0 Å². The van der Waals surface area contributed by atoms with Gasteiger partial charge in [0.05, 0.1) is 0 Å². The van der Waals surface area contributed by atoms with Gasteiger partial charge in [0.15, 0.2) is 0 Å². The summed E-state index contributed by atoms with van der Waals surface area (Å²) in [6, 6.07) is 9.82. The molecule has 0 aliphatic carbocycles. The molecule has 20 heavy (non-hydrogen) atoms. The fraction of sp³-hybridized carbons (Fsp3) is 0.200. The molecule has 0 aliphatic heterocycles. The number of hydrogen-bond acceptors (Lipinski definition) is 5. The van der Waals surface area contributed by atoms with Gasteiger partial charge in [-0.2, -0.15) is 0 Å². The average molecular weight is 269 g/mol. The Labute approximate surface area is 119 Å². The largest absolute Gasteiger partial charge is 0.366 e. The Kier molecular flexibility index (Phi) is 4.68. The maximum atomic E-state index is 5.64. The van der Waals surface area contributed by atoms with Crippen molar-refractivity contribution < 1.29 is 0 Å². The van der Waals surface area contributed by atoms with Crippen molar-refractivity contribution in [3.05, 3.63) is 54.4 Å². The number of hydrogen-bond donors (Lipinski definition) is 3. The predicted molar refractivity (Wildman–Crippen MR) is 83.1 cm³/mol. The average Bonchev–Trinajstić information content (AvgIpc) is 2.44. The van der Waals surface area contributed by atoms with Crippen molar-refractivity contribution in [3.8, 4) is 0 Å². The van der Waals surface area contributed by atoms with Crippen LogP contribution in [-0.4, -0.2) is 16.5 Å². The van der Waals surface area contributed by atoms with E-state index in [0.717, 1.165) is 22.9 Å². The molecule has 1 heterocycles.